The van der Waals surface area contributed by atoms with Gasteiger partial charge in [-0.25, -0.2) is 0 Å². The van der Waals surface area contributed by atoms with Crippen molar-refractivity contribution in [3.8, 4) is 0 Å². The smallest absolute Gasteiger partial charge is 0.0593 e. The maximum absolute atomic E-state index is 5.43. The first-order valence-corrected chi connectivity index (χ1v) is 7.33. The molecular weight excluding hydrogens is 212 g/mol. The second-order valence-corrected chi connectivity index (χ2v) is 5.06. The van der Waals surface area contributed by atoms with E-state index in [1.165, 1.54) is 25.7 Å². The Morgan fingerprint density at radius 3 is 2.59 bits per heavy atom. The van der Waals surface area contributed by atoms with Gasteiger partial charge in [0.25, 0.3) is 0 Å². The molecule has 1 N–H and O–H groups in total. The Bertz CT molecular complexity index is 181. The van der Waals surface area contributed by atoms with Crippen molar-refractivity contribution in [1.29, 1.82) is 0 Å². The van der Waals surface area contributed by atoms with Crippen LogP contribution in [0.5, 0.6) is 0 Å². The lowest BCUT2D eigenvalue weighted by Gasteiger charge is -2.29. The first-order valence-electron chi connectivity index (χ1n) is 7.33. The fourth-order valence-corrected chi connectivity index (χ4v) is 2.61. The first kappa shape index (κ1) is 14.9. The topological polar surface area (TPSA) is 24.5 Å². The number of nitrogens with one attached hydrogen (secondary N) is 1. The molecule has 1 atom stereocenters. The SMILES string of the molecule is CCOCCN(CC)C(C)CNC1CCCC1. The Hall–Kier alpha value is -0.120. The van der Waals surface area contributed by atoms with Crippen LogP contribution in [0.3, 0.4) is 0 Å². The van der Waals surface area contributed by atoms with Gasteiger partial charge in [0.15, 0.2) is 0 Å². The van der Waals surface area contributed by atoms with Crippen molar-refractivity contribution in [3.05, 3.63) is 0 Å². The summed E-state index contributed by atoms with van der Waals surface area (Å²) < 4.78 is 5.43. The van der Waals surface area contributed by atoms with Gasteiger partial charge in [-0.15, -0.1) is 0 Å². The van der Waals surface area contributed by atoms with E-state index in [1.54, 1.807) is 0 Å². The highest BCUT2D eigenvalue weighted by Crippen LogP contribution is 2.17. The monoisotopic (exact) mass is 242 g/mol. The Morgan fingerprint density at radius 2 is 2.00 bits per heavy atom. The van der Waals surface area contributed by atoms with E-state index < -0.39 is 0 Å². The van der Waals surface area contributed by atoms with Gasteiger partial charge in [-0.3, -0.25) is 4.90 Å². The van der Waals surface area contributed by atoms with Crippen molar-refractivity contribution in [1.82, 2.24) is 10.2 Å². The molecule has 1 saturated carbocycles. The van der Waals surface area contributed by atoms with Crippen molar-refractivity contribution in [2.24, 2.45) is 0 Å². The molecular formula is C14H30N2O. The van der Waals surface area contributed by atoms with Crippen LogP contribution in [0.15, 0.2) is 0 Å². The van der Waals surface area contributed by atoms with Crippen LogP contribution in [0.4, 0.5) is 0 Å². The molecule has 0 amide bonds. The second kappa shape index (κ2) is 8.90. The van der Waals surface area contributed by atoms with Gasteiger partial charge >= 0.3 is 0 Å². The lowest BCUT2D eigenvalue weighted by Crippen LogP contribution is -2.44. The van der Waals surface area contributed by atoms with E-state index in [0.717, 1.165) is 38.9 Å². The highest BCUT2D eigenvalue weighted by Gasteiger charge is 2.17. The molecule has 17 heavy (non-hydrogen) atoms. The van der Waals surface area contributed by atoms with Crippen molar-refractivity contribution in [2.45, 2.75) is 58.5 Å². The van der Waals surface area contributed by atoms with Gasteiger partial charge in [0.2, 0.25) is 0 Å². The quantitative estimate of drug-likeness (QED) is 0.628. The van der Waals surface area contributed by atoms with Crippen molar-refractivity contribution in [3.63, 3.8) is 0 Å². The summed E-state index contributed by atoms with van der Waals surface area (Å²) >= 11 is 0. The van der Waals surface area contributed by atoms with Crippen LogP contribution in [-0.4, -0.2) is 49.8 Å². The van der Waals surface area contributed by atoms with E-state index in [9.17, 15) is 0 Å². The van der Waals surface area contributed by atoms with Gasteiger partial charge in [-0.1, -0.05) is 19.8 Å². The standard InChI is InChI=1S/C14H30N2O/c1-4-16(10-11-17-5-2)13(3)12-15-14-8-6-7-9-14/h13-15H,4-12H2,1-3H3. The molecule has 0 bridgehead atoms. The molecule has 1 fully saturated rings. The maximum Gasteiger partial charge on any atom is 0.0593 e. The molecule has 0 heterocycles. The van der Waals surface area contributed by atoms with Crippen LogP contribution < -0.4 is 5.32 Å². The lowest BCUT2D eigenvalue weighted by atomic mass is 10.2. The van der Waals surface area contributed by atoms with Crippen molar-refractivity contribution >= 4 is 0 Å². The minimum absolute atomic E-state index is 0.612. The fraction of sp³-hybridized carbons (Fsp3) is 1.00. The third kappa shape index (κ3) is 5.84. The van der Waals surface area contributed by atoms with E-state index in [2.05, 4.69) is 31.0 Å². The van der Waals surface area contributed by atoms with E-state index in [0.29, 0.717) is 6.04 Å². The minimum Gasteiger partial charge on any atom is -0.380 e. The summed E-state index contributed by atoms with van der Waals surface area (Å²) in [6, 6.07) is 1.39. The van der Waals surface area contributed by atoms with E-state index in [4.69, 9.17) is 4.74 Å². The molecule has 3 heteroatoms. The summed E-state index contributed by atoms with van der Waals surface area (Å²) in [5.41, 5.74) is 0. The molecule has 102 valence electrons. The zero-order valence-electron chi connectivity index (χ0n) is 11.9. The van der Waals surface area contributed by atoms with Gasteiger partial charge in [0, 0.05) is 31.8 Å². The average molecular weight is 242 g/mol. The van der Waals surface area contributed by atoms with Gasteiger partial charge in [-0.2, -0.15) is 0 Å². The molecule has 1 rings (SSSR count). The molecule has 1 unspecified atom stereocenters. The van der Waals surface area contributed by atoms with Crippen LogP contribution in [0, 0.1) is 0 Å². The molecule has 0 aliphatic heterocycles. The van der Waals surface area contributed by atoms with Gasteiger partial charge in [-0.05, 0) is 33.2 Å². The third-order valence-corrected chi connectivity index (χ3v) is 3.81. The number of ether oxygens (including phenoxy) is 1. The van der Waals surface area contributed by atoms with Crippen LogP contribution >= 0.6 is 0 Å². The minimum atomic E-state index is 0.612. The zero-order valence-corrected chi connectivity index (χ0v) is 11.9. The van der Waals surface area contributed by atoms with E-state index in [-0.39, 0.29) is 0 Å². The van der Waals surface area contributed by atoms with E-state index in [1.807, 2.05) is 0 Å². The molecule has 0 saturated heterocycles. The summed E-state index contributed by atoms with van der Waals surface area (Å²) in [5.74, 6) is 0. The zero-order chi connectivity index (χ0) is 12.5. The predicted octanol–water partition coefficient (Wildman–Crippen LogP) is 2.27. The molecule has 1 aliphatic carbocycles. The Kier molecular flexibility index (Phi) is 7.82. The molecule has 3 nitrogen and oxygen atoms in total. The van der Waals surface area contributed by atoms with Crippen LogP contribution in [0.1, 0.15) is 46.5 Å². The van der Waals surface area contributed by atoms with Gasteiger partial charge in [0.05, 0.1) is 6.61 Å². The molecule has 0 aromatic carbocycles. The highest BCUT2D eigenvalue weighted by molar-refractivity contribution is 4.77. The van der Waals surface area contributed by atoms with Crippen LogP contribution in [-0.2, 0) is 4.74 Å². The second-order valence-electron chi connectivity index (χ2n) is 5.06. The largest absolute Gasteiger partial charge is 0.380 e. The first-order chi connectivity index (χ1) is 8.27. The summed E-state index contributed by atoms with van der Waals surface area (Å²) in [7, 11) is 0. The molecule has 0 radical (unpaired) electrons. The Balaban J connectivity index is 2.15. The summed E-state index contributed by atoms with van der Waals surface area (Å²) in [6.07, 6.45) is 5.57. The molecule has 0 spiro atoms. The average Bonchev–Trinajstić information content (AvgIpc) is 2.85. The van der Waals surface area contributed by atoms with E-state index >= 15 is 0 Å². The van der Waals surface area contributed by atoms with Crippen molar-refractivity contribution in [2.75, 3.05) is 32.8 Å². The summed E-state index contributed by atoms with van der Waals surface area (Å²) in [6.45, 7) is 11.6. The summed E-state index contributed by atoms with van der Waals surface area (Å²) in [5, 5.41) is 3.70. The number of likely N-dealkylation sites (N-methyl/N-ethyl adjacent to an activating group) is 1. The highest BCUT2D eigenvalue weighted by atomic mass is 16.5. The fourth-order valence-electron chi connectivity index (χ4n) is 2.61. The maximum atomic E-state index is 5.43. The number of hydrogen-bond donors (Lipinski definition) is 1. The van der Waals surface area contributed by atoms with Crippen LogP contribution in [0.25, 0.3) is 0 Å². The molecule has 1 aliphatic rings. The van der Waals surface area contributed by atoms with Gasteiger partial charge in [0.1, 0.15) is 0 Å². The number of rotatable bonds is 9. The number of hydrogen-bond acceptors (Lipinski definition) is 3. The van der Waals surface area contributed by atoms with Crippen LogP contribution in [0.2, 0.25) is 0 Å². The normalized spacial score (nSPS) is 19.1. The van der Waals surface area contributed by atoms with Gasteiger partial charge < -0.3 is 10.1 Å². The Morgan fingerprint density at radius 1 is 1.29 bits per heavy atom. The third-order valence-electron chi connectivity index (χ3n) is 3.81. The number of nitrogens with zero attached hydrogens (tertiary/aromatic N) is 1. The Labute approximate surface area is 107 Å². The van der Waals surface area contributed by atoms with Crippen molar-refractivity contribution < 1.29 is 4.74 Å². The molecule has 0 aromatic heterocycles. The lowest BCUT2D eigenvalue weighted by molar-refractivity contribution is 0.0992. The molecule has 0 aromatic rings. The summed E-state index contributed by atoms with van der Waals surface area (Å²) in [4.78, 5) is 2.50. The predicted molar refractivity (Wildman–Crippen MR) is 73.5 cm³/mol.